The van der Waals surface area contributed by atoms with Crippen molar-refractivity contribution >= 4 is 28.3 Å². The van der Waals surface area contributed by atoms with Crippen molar-refractivity contribution in [3.63, 3.8) is 0 Å². The molecule has 0 aliphatic carbocycles. The monoisotopic (exact) mass is 405 g/mol. The van der Waals surface area contributed by atoms with Crippen molar-refractivity contribution in [2.24, 2.45) is 0 Å². The van der Waals surface area contributed by atoms with Crippen molar-refractivity contribution in [2.45, 2.75) is 26.4 Å². The zero-order valence-electron chi connectivity index (χ0n) is 16.2. The lowest BCUT2D eigenvalue weighted by Gasteiger charge is -2.25. The summed E-state index contributed by atoms with van der Waals surface area (Å²) in [6.07, 6.45) is 0. The van der Waals surface area contributed by atoms with E-state index < -0.39 is 0 Å². The minimum atomic E-state index is -0.0722. The second kappa shape index (κ2) is 8.05. The molecule has 0 aliphatic rings. The van der Waals surface area contributed by atoms with Gasteiger partial charge in [0.2, 0.25) is 11.8 Å². The number of rotatable bonds is 5. The molecule has 0 radical (unpaired) electrons. The Kier molecular flexibility index (Phi) is 5.32. The maximum atomic E-state index is 13.2. The number of hydrogen-bond acceptors (Lipinski definition) is 4. The van der Waals surface area contributed by atoms with E-state index in [1.165, 1.54) is 0 Å². The van der Waals surface area contributed by atoms with Crippen molar-refractivity contribution in [1.29, 1.82) is 0 Å². The number of amides is 1. The van der Waals surface area contributed by atoms with Crippen LogP contribution < -0.4 is 0 Å². The molecular formula is C23H20ClN3O2. The van der Waals surface area contributed by atoms with Crippen molar-refractivity contribution in [3.05, 3.63) is 83.2 Å². The molecule has 5 nitrogen and oxygen atoms in total. The lowest BCUT2D eigenvalue weighted by molar-refractivity contribution is 0.0672. The molecule has 0 fully saturated rings. The summed E-state index contributed by atoms with van der Waals surface area (Å²) in [6, 6.07) is 20.9. The van der Waals surface area contributed by atoms with Crippen LogP contribution in [0.25, 0.3) is 22.2 Å². The average Bonchev–Trinajstić information content (AvgIpc) is 3.20. The quantitative estimate of drug-likeness (QED) is 0.434. The summed E-state index contributed by atoms with van der Waals surface area (Å²) >= 11 is 5.93. The van der Waals surface area contributed by atoms with Crippen LogP contribution in [0.1, 0.15) is 30.1 Å². The molecule has 0 N–H and O–H groups in total. The molecule has 146 valence electrons. The highest BCUT2D eigenvalue weighted by Gasteiger charge is 2.22. The van der Waals surface area contributed by atoms with Gasteiger partial charge in [-0.05, 0) is 61.0 Å². The van der Waals surface area contributed by atoms with Crippen molar-refractivity contribution in [3.8, 4) is 11.5 Å². The summed E-state index contributed by atoms with van der Waals surface area (Å²) in [6.45, 7) is 4.18. The van der Waals surface area contributed by atoms with Gasteiger partial charge in [0.25, 0.3) is 5.91 Å². The van der Waals surface area contributed by atoms with E-state index in [4.69, 9.17) is 16.0 Å². The number of aromatic nitrogens is 2. The highest BCUT2D eigenvalue weighted by atomic mass is 35.5. The van der Waals surface area contributed by atoms with Gasteiger partial charge in [0, 0.05) is 22.2 Å². The lowest BCUT2D eigenvalue weighted by atomic mass is 10.1. The van der Waals surface area contributed by atoms with E-state index in [0.717, 1.165) is 16.3 Å². The van der Waals surface area contributed by atoms with Crippen LogP contribution in [0.5, 0.6) is 0 Å². The Hall–Kier alpha value is -3.18. The Balaban J connectivity index is 1.57. The zero-order valence-corrected chi connectivity index (χ0v) is 16.9. The van der Waals surface area contributed by atoms with E-state index in [9.17, 15) is 4.79 Å². The highest BCUT2D eigenvalue weighted by Crippen LogP contribution is 2.22. The molecule has 4 aromatic rings. The summed E-state index contributed by atoms with van der Waals surface area (Å²) in [5, 5.41) is 11.0. The second-order valence-electron chi connectivity index (χ2n) is 7.10. The largest absolute Gasteiger partial charge is 0.419 e. The summed E-state index contributed by atoms with van der Waals surface area (Å²) < 4.78 is 5.79. The first-order valence-electron chi connectivity index (χ1n) is 9.39. The number of carbonyl (C=O) groups is 1. The molecule has 6 heteroatoms. The molecule has 1 aromatic heterocycles. The molecule has 0 saturated heterocycles. The van der Waals surface area contributed by atoms with Gasteiger partial charge in [-0.2, -0.15) is 0 Å². The topological polar surface area (TPSA) is 59.2 Å². The molecule has 0 spiro atoms. The molecule has 0 unspecified atom stereocenters. The third-order valence-electron chi connectivity index (χ3n) is 4.74. The van der Waals surface area contributed by atoms with E-state index >= 15 is 0 Å². The van der Waals surface area contributed by atoms with E-state index in [-0.39, 0.29) is 18.5 Å². The van der Waals surface area contributed by atoms with Gasteiger partial charge in [-0.3, -0.25) is 4.79 Å². The molecule has 0 aliphatic heterocycles. The third kappa shape index (κ3) is 4.15. The number of nitrogens with zero attached hydrogens (tertiary/aromatic N) is 3. The lowest BCUT2D eigenvalue weighted by Crippen LogP contribution is -2.36. The molecule has 1 heterocycles. The number of fused-ring (bicyclic) bond motifs is 1. The molecule has 1 amide bonds. The SMILES string of the molecule is CC(C)N(Cc1nnc(-c2ccc(Cl)cc2)o1)C(=O)c1ccc2ccccc2c1. The molecule has 0 bridgehead atoms. The molecule has 3 aromatic carbocycles. The van der Waals surface area contributed by atoms with Crippen LogP contribution in [-0.2, 0) is 6.54 Å². The fourth-order valence-corrected chi connectivity index (χ4v) is 3.28. The summed E-state index contributed by atoms with van der Waals surface area (Å²) in [7, 11) is 0. The van der Waals surface area contributed by atoms with Crippen LogP contribution in [0.3, 0.4) is 0 Å². The summed E-state index contributed by atoms with van der Waals surface area (Å²) in [5.74, 6) is 0.716. The zero-order chi connectivity index (χ0) is 20.4. The van der Waals surface area contributed by atoms with Gasteiger partial charge in [-0.1, -0.05) is 41.9 Å². The summed E-state index contributed by atoms with van der Waals surface area (Å²) in [5.41, 5.74) is 1.42. The van der Waals surface area contributed by atoms with E-state index in [1.807, 2.05) is 68.4 Å². The number of benzene rings is 3. The number of carbonyl (C=O) groups excluding carboxylic acids is 1. The van der Waals surface area contributed by atoms with E-state index in [2.05, 4.69) is 10.2 Å². The first-order chi connectivity index (χ1) is 14.0. The Morgan fingerprint density at radius 3 is 2.45 bits per heavy atom. The Bertz CT molecular complexity index is 1150. The molecular weight excluding hydrogens is 386 g/mol. The van der Waals surface area contributed by atoms with Gasteiger partial charge in [0.1, 0.15) is 0 Å². The first kappa shape index (κ1) is 19.2. The standard InChI is InChI=1S/C23H20ClN3O2/c1-15(2)27(23(28)19-8-7-16-5-3-4-6-18(16)13-19)14-21-25-26-22(29-21)17-9-11-20(24)12-10-17/h3-13,15H,14H2,1-2H3. The Morgan fingerprint density at radius 2 is 1.72 bits per heavy atom. The second-order valence-corrected chi connectivity index (χ2v) is 7.53. The van der Waals surface area contributed by atoms with Gasteiger partial charge >= 0.3 is 0 Å². The van der Waals surface area contributed by atoms with Crippen LogP contribution in [-0.4, -0.2) is 27.0 Å². The highest BCUT2D eigenvalue weighted by molar-refractivity contribution is 6.30. The molecule has 4 rings (SSSR count). The fourth-order valence-electron chi connectivity index (χ4n) is 3.15. The molecule has 29 heavy (non-hydrogen) atoms. The van der Waals surface area contributed by atoms with Crippen LogP contribution in [0.4, 0.5) is 0 Å². The van der Waals surface area contributed by atoms with Crippen molar-refractivity contribution in [2.75, 3.05) is 0 Å². The fraction of sp³-hybridized carbons (Fsp3) is 0.174. The normalized spacial score (nSPS) is 11.2. The van der Waals surface area contributed by atoms with Gasteiger partial charge in [0.15, 0.2) is 0 Å². The third-order valence-corrected chi connectivity index (χ3v) is 5.00. The number of hydrogen-bond donors (Lipinski definition) is 0. The van der Waals surface area contributed by atoms with Gasteiger partial charge in [0.05, 0.1) is 6.54 Å². The smallest absolute Gasteiger partial charge is 0.254 e. The minimum absolute atomic E-state index is 0.0279. The Morgan fingerprint density at radius 1 is 1.00 bits per heavy atom. The van der Waals surface area contributed by atoms with Crippen LogP contribution >= 0.6 is 11.6 Å². The maximum Gasteiger partial charge on any atom is 0.254 e. The van der Waals surface area contributed by atoms with E-state index in [0.29, 0.717) is 22.4 Å². The maximum absolute atomic E-state index is 13.2. The van der Waals surface area contributed by atoms with E-state index in [1.54, 1.807) is 17.0 Å². The van der Waals surface area contributed by atoms with Gasteiger partial charge in [-0.25, -0.2) is 0 Å². The van der Waals surface area contributed by atoms with Gasteiger partial charge < -0.3 is 9.32 Å². The molecule has 0 saturated carbocycles. The molecule has 0 atom stereocenters. The van der Waals surface area contributed by atoms with Crippen LogP contribution in [0, 0.1) is 0 Å². The number of halogens is 1. The van der Waals surface area contributed by atoms with Gasteiger partial charge in [-0.15, -0.1) is 10.2 Å². The predicted molar refractivity (Wildman–Crippen MR) is 114 cm³/mol. The predicted octanol–water partition coefficient (Wildman–Crippen LogP) is 5.59. The van der Waals surface area contributed by atoms with Crippen molar-refractivity contribution in [1.82, 2.24) is 15.1 Å². The first-order valence-corrected chi connectivity index (χ1v) is 9.77. The van der Waals surface area contributed by atoms with Crippen LogP contribution in [0.2, 0.25) is 5.02 Å². The summed E-state index contributed by atoms with van der Waals surface area (Å²) in [4.78, 5) is 14.9. The Labute approximate surface area is 173 Å². The minimum Gasteiger partial charge on any atom is -0.419 e. The average molecular weight is 406 g/mol. The van der Waals surface area contributed by atoms with Crippen molar-refractivity contribution < 1.29 is 9.21 Å². The van der Waals surface area contributed by atoms with Crippen LogP contribution in [0.15, 0.2) is 71.1 Å².